The van der Waals surface area contributed by atoms with E-state index in [1.54, 1.807) is 13.2 Å². The summed E-state index contributed by atoms with van der Waals surface area (Å²) in [5.74, 6) is 1.46. The normalized spacial score (nSPS) is 13.9. The average molecular weight is 235 g/mol. The Morgan fingerprint density at radius 2 is 2.06 bits per heavy atom. The van der Waals surface area contributed by atoms with Crippen LogP contribution in [0.4, 0.5) is 0 Å². The van der Waals surface area contributed by atoms with Gasteiger partial charge in [-0.3, -0.25) is 0 Å². The Morgan fingerprint density at radius 1 is 1.35 bits per heavy atom. The summed E-state index contributed by atoms with van der Waals surface area (Å²) in [4.78, 5) is 0. The van der Waals surface area contributed by atoms with Crippen molar-refractivity contribution in [3.8, 4) is 11.5 Å². The first-order valence-electron chi connectivity index (χ1n) is 5.78. The molecule has 0 aromatic heterocycles. The topological polar surface area (TPSA) is 44.5 Å². The molecule has 2 unspecified atom stereocenters. The molecule has 1 rings (SSSR count). The van der Waals surface area contributed by atoms with Gasteiger partial charge in [-0.25, -0.2) is 0 Å². The van der Waals surface area contributed by atoms with Crippen molar-refractivity contribution < 1.29 is 9.47 Å². The molecule has 3 heteroatoms. The maximum Gasteiger partial charge on any atom is 0.162 e. The maximum absolute atomic E-state index is 5.77. The highest BCUT2D eigenvalue weighted by Crippen LogP contribution is 2.29. The number of rotatable bonds is 6. The number of nitrogens with two attached hydrogens (primary N) is 1. The average Bonchev–Trinajstić information content (AvgIpc) is 2.30. The maximum atomic E-state index is 5.77. The first kappa shape index (κ1) is 13.6. The van der Waals surface area contributed by atoms with E-state index in [1.807, 2.05) is 32.0 Å². The third-order valence-electron chi connectivity index (χ3n) is 2.43. The second-order valence-corrected chi connectivity index (χ2v) is 4.23. The standard InChI is InChI=1S/C14H21NO2/c1-5-11(3)17-13-7-6-12(8-10(2)15)9-14(13)16-4/h5-7,9-11H,1,8,15H2,2-4H3. The number of ether oxygens (including phenoxy) is 2. The van der Waals surface area contributed by atoms with Crippen LogP contribution in [-0.4, -0.2) is 19.3 Å². The summed E-state index contributed by atoms with van der Waals surface area (Å²) in [7, 11) is 1.64. The molecular formula is C14H21NO2. The molecule has 0 amide bonds. The van der Waals surface area contributed by atoms with E-state index in [2.05, 4.69) is 6.58 Å². The van der Waals surface area contributed by atoms with Crippen molar-refractivity contribution in [1.29, 1.82) is 0 Å². The molecule has 0 aliphatic heterocycles. The Morgan fingerprint density at radius 3 is 2.59 bits per heavy atom. The van der Waals surface area contributed by atoms with Gasteiger partial charge in [0, 0.05) is 6.04 Å². The number of methoxy groups -OCH3 is 1. The van der Waals surface area contributed by atoms with Crippen molar-refractivity contribution in [3.05, 3.63) is 36.4 Å². The molecule has 3 nitrogen and oxygen atoms in total. The van der Waals surface area contributed by atoms with Gasteiger partial charge in [0.05, 0.1) is 7.11 Å². The predicted molar refractivity (Wildman–Crippen MR) is 70.6 cm³/mol. The molecule has 0 aliphatic rings. The number of hydrogen-bond donors (Lipinski definition) is 1. The minimum atomic E-state index is -0.0387. The molecule has 0 aliphatic carbocycles. The zero-order valence-corrected chi connectivity index (χ0v) is 10.8. The second-order valence-electron chi connectivity index (χ2n) is 4.23. The highest BCUT2D eigenvalue weighted by atomic mass is 16.5. The third kappa shape index (κ3) is 4.11. The van der Waals surface area contributed by atoms with Gasteiger partial charge in [0.25, 0.3) is 0 Å². The fraction of sp³-hybridized carbons (Fsp3) is 0.429. The Kier molecular flexibility index (Phi) is 5.04. The summed E-state index contributed by atoms with van der Waals surface area (Å²) in [6, 6.07) is 6.03. The molecule has 2 N–H and O–H groups in total. The molecule has 0 saturated carbocycles. The van der Waals surface area contributed by atoms with E-state index in [1.165, 1.54) is 0 Å². The molecule has 0 spiro atoms. The first-order chi connectivity index (χ1) is 8.06. The van der Waals surface area contributed by atoms with Crippen molar-refractivity contribution in [2.45, 2.75) is 32.4 Å². The Hall–Kier alpha value is -1.48. The van der Waals surface area contributed by atoms with Crippen LogP contribution in [0, 0.1) is 0 Å². The fourth-order valence-electron chi connectivity index (χ4n) is 1.56. The molecule has 0 fully saturated rings. The van der Waals surface area contributed by atoms with Crippen LogP contribution in [0.1, 0.15) is 19.4 Å². The molecular weight excluding hydrogens is 214 g/mol. The molecule has 0 heterocycles. The lowest BCUT2D eigenvalue weighted by Crippen LogP contribution is -2.17. The molecule has 0 radical (unpaired) electrons. The van der Waals surface area contributed by atoms with Gasteiger partial charge in [-0.2, -0.15) is 0 Å². The van der Waals surface area contributed by atoms with Crippen LogP contribution in [-0.2, 0) is 6.42 Å². The van der Waals surface area contributed by atoms with Crippen molar-refractivity contribution >= 4 is 0 Å². The second kappa shape index (κ2) is 6.30. The summed E-state index contributed by atoms with van der Waals surface area (Å²) in [6.45, 7) is 7.60. The molecule has 94 valence electrons. The first-order valence-corrected chi connectivity index (χ1v) is 5.78. The van der Waals surface area contributed by atoms with Gasteiger partial charge in [-0.1, -0.05) is 18.7 Å². The van der Waals surface area contributed by atoms with Crippen LogP contribution in [0.25, 0.3) is 0 Å². The van der Waals surface area contributed by atoms with E-state index in [9.17, 15) is 0 Å². The van der Waals surface area contributed by atoms with Crippen LogP contribution < -0.4 is 15.2 Å². The number of hydrogen-bond acceptors (Lipinski definition) is 3. The molecule has 0 saturated heterocycles. The largest absolute Gasteiger partial charge is 0.493 e. The van der Waals surface area contributed by atoms with Gasteiger partial charge in [-0.05, 0) is 38.0 Å². The zero-order valence-electron chi connectivity index (χ0n) is 10.8. The summed E-state index contributed by atoms with van der Waals surface area (Å²) < 4.78 is 11.0. The third-order valence-corrected chi connectivity index (χ3v) is 2.43. The van der Waals surface area contributed by atoms with Crippen LogP contribution in [0.2, 0.25) is 0 Å². The van der Waals surface area contributed by atoms with Crippen molar-refractivity contribution in [2.75, 3.05) is 7.11 Å². The lowest BCUT2D eigenvalue weighted by atomic mass is 10.1. The van der Waals surface area contributed by atoms with E-state index >= 15 is 0 Å². The molecule has 0 bridgehead atoms. The molecule has 1 aromatic carbocycles. The van der Waals surface area contributed by atoms with Gasteiger partial charge in [0.15, 0.2) is 11.5 Å². The Balaban J connectivity index is 2.88. The smallest absolute Gasteiger partial charge is 0.162 e. The summed E-state index contributed by atoms with van der Waals surface area (Å²) in [5.41, 5.74) is 6.92. The molecule has 2 atom stereocenters. The Labute approximate surface area is 103 Å². The van der Waals surface area contributed by atoms with Crippen molar-refractivity contribution in [3.63, 3.8) is 0 Å². The van der Waals surface area contributed by atoms with Gasteiger partial charge in [0.2, 0.25) is 0 Å². The van der Waals surface area contributed by atoms with Crippen LogP contribution >= 0.6 is 0 Å². The van der Waals surface area contributed by atoms with Gasteiger partial charge >= 0.3 is 0 Å². The van der Waals surface area contributed by atoms with Gasteiger partial charge in [-0.15, -0.1) is 0 Å². The van der Waals surface area contributed by atoms with E-state index < -0.39 is 0 Å². The van der Waals surface area contributed by atoms with Crippen LogP contribution in [0.3, 0.4) is 0 Å². The van der Waals surface area contributed by atoms with Crippen LogP contribution in [0.5, 0.6) is 11.5 Å². The van der Waals surface area contributed by atoms with E-state index in [0.29, 0.717) is 0 Å². The zero-order chi connectivity index (χ0) is 12.8. The summed E-state index contributed by atoms with van der Waals surface area (Å²) in [6.07, 6.45) is 2.53. The van der Waals surface area contributed by atoms with Gasteiger partial charge < -0.3 is 15.2 Å². The number of benzene rings is 1. The minimum absolute atomic E-state index is 0.0387. The highest BCUT2D eigenvalue weighted by molar-refractivity contribution is 5.43. The van der Waals surface area contributed by atoms with E-state index in [-0.39, 0.29) is 12.1 Å². The highest BCUT2D eigenvalue weighted by Gasteiger charge is 2.08. The monoisotopic (exact) mass is 235 g/mol. The lowest BCUT2D eigenvalue weighted by Gasteiger charge is -2.15. The fourth-order valence-corrected chi connectivity index (χ4v) is 1.56. The van der Waals surface area contributed by atoms with E-state index in [4.69, 9.17) is 15.2 Å². The van der Waals surface area contributed by atoms with Crippen molar-refractivity contribution in [2.24, 2.45) is 5.73 Å². The molecule has 17 heavy (non-hydrogen) atoms. The predicted octanol–water partition coefficient (Wildman–Crippen LogP) is 2.54. The van der Waals surface area contributed by atoms with Crippen LogP contribution in [0.15, 0.2) is 30.9 Å². The van der Waals surface area contributed by atoms with Crippen molar-refractivity contribution in [1.82, 2.24) is 0 Å². The minimum Gasteiger partial charge on any atom is -0.493 e. The Bertz CT molecular complexity index is 374. The molecule has 1 aromatic rings. The van der Waals surface area contributed by atoms with Gasteiger partial charge in [0.1, 0.15) is 6.10 Å². The summed E-state index contributed by atoms with van der Waals surface area (Å²) in [5, 5.41) is 0. The summed E-state index contributed by atoms with van der Waals surface area (Å²) >= 11 is 0. The lowest BCUT2D eigenvalue weighted by molar-refractivity contribution is 0.254. The van der Waals surface area contributed by atoms with E-state index in [0.717, 1.165) is 23.5 Å². The SMILES string of the molecule is C=CC(C)Oc1ccc(CC(C)N)cc1OC. The quantitative estimate of drug-likeness (QED) is 0.771.